The number of nitrogens with two attached hydrogens (primary N) is 1. The molecule has 0 saturated carbocycles. The largest absolute Gasteiger partial charge is 0.399 e. The molecule has 92 valence electrons. The molecule has 0 atom stereocenters. The van der Waals surface area contributed by atoms with Gasteiger partial charge in [0.15, 0.2) is 5.78 Å². The molecule has 0 aliphatic carbocycles. The van der Waals surface area contributed by atoms with E-state index < -0.39 is 17.4 Å². The second-order valence-electron chi connectivity index (χ2n) is 3.69. The molecule has 0 aliphatic rings. The molecule has 18 heavy (non-hydrogen) atoms. The summed E-state index contributed by atoms with van der Waals surface area (Å²) in [5.41, 5.74) is 5.78. The number of anilines is 1. The average Bonchev–Trinajstić information content (AvgIpc) is 2.28. The Bertz CT molecular complexity index is 575. The number of carbonyl (C=O) groups is 1. The predicted molar refractivity (Wildman–Crippen MR) is 65.7 cm³/mol. The molecule has 0 amide bonds. The molecule has 0 fully saturated rings. The van der Waals surface area contributed by atoms with Gasteiger partial charge in [0.25, 0.3) is 0 Å². The summed E-state index contributed by atoms with van der Waals surface area (Å²) in [5, 5.41) is 0.128. The van der Waals surface area contributed by atoms with Crippen molar-refractivity contribution in [3.8, 4) is 0 Å². The lowest BCUT2D eigenvalue weighted by Gasteiger charge is -2.05. The molecule has 0 aromatic heterocycles. The molecular formula is C13H8ClF2NO. The van der Waals surface area contributed by atoms with Gasteiger partial charge in [0, 0.05) is 17.3 Å². The van der Waals surface area contributed by atoms with Gasteiger partial charge >= 0.3 is 0 Å². The van der Waals surface area contributed by atoms with Crippen molar-refractivity contribution in [2.75, 3.05) is 5.73 Å². The minimum absolute atomic E-state index is 0.122. The van der Waals surface area contributed by atoms with Crippen LogP contribution in [-0.4, -0.2) is 5.78 Å². The number of halogens is 3. The highest BCUT2D eigenvalue weighted by Gasteiger charge is 2.17. The fraction of sp³-hybridized carbons (Fsp3) is 0. The zero-order chi connectivity index (χ0) is 13.3. The Morgan fingerprint density at radius 3 is 2.33 bits per heavy atom. The van der Waals surface area contributed by atoms with Gasteiger partial charge in [-0.25, -0.2) is 8.78 Å². The highest BCUT2D eigenvalue weighted by atomic mass is 35.5. The van der Waals surface area contributed by atoms with E-state index in [-0.39, 0.29) is 16.1 Å². The first-order chi connectivity index (χ1) is 8.49. The first-order valence-electron chi connectivity index (χ1n) is 5.04. The topological polar surface area (TPSA) is 43.1 Å². The van der Waals surface area contributed by atoms with Gasteiger partial charge in [-0.1, -0.05) is 11.6 Å². The molecule has 0 saturated heterocycles. The number of nitrogen functional groups attached to an aromatic ring is 1. The van der Waals surface area contributed by atoms with Crippen LogP contribution in [0.25, 0.3) is 0 Å². The minimum atomic E-state index is -0.923. The van der Waals surface area contributed by atoms with E-state index in [1.54, 1.807) is 0 Å². The van der Waals surface area contributed by atoms with E-state index in [1.807, 2.05) is 0 Å². The van der Waals surface area contributed by atoms with Crippen molar-refractivity contribution in [2.24, 2.45) is 0 Å². The zero-order valence-corrected chi connectivity index (χ0v) is 9.84. The molecule has 2 rings (SSSR count). The number of rotatable bonds is 2. The SMILES string of the molecule is Nc1ccc(C(=O)c2ccc(F)cc2F)c(Cl)c1. The Kier molecular flexibility index (Phi) is 3.30. The molecule has 0 unspecified atom stereocenters. The molecule has 0 radical (unpaired) electrons. The molecule has 0 aliphatic heterocycles. The van der Waals surface area contributed by atoms with E-state index in [0.29, 0.717) is 11.8 Å². The third-order valence-electron chi connectivity index (χ3n) is 2.41. The normalized spacial score (nSPS) is 10.4. The van der Waals surface area contributed by atoms with Gasteiger partial charge < -0.3 is 5.73 Å². The van der Waals surface area contributed by atoms with Crippen LogP contribution in [0.15, 0.2) is 36.4 Å². The highest BCUT2D eigenvalue weighted by Crippen LogP contribution is 2.23. The van der Waals surface area contributed by atoms with Crippen molar-refractivity contribution >= 4 is 23.1 Å². The fourth-order valence-corrected chi connectivity index (χ4v) is 1.81. The summed E-state index contributed by atoms with van der Waals surface area (Å²) in [5.74, 6) is -2.28. The average molecular weight is 268 g/mol. The third-order valence-corrected chi connectivity index (χ3v) is 2.73. The maximum Gasteiger partial charge on any atom is 0.197 e. The van der Waals surface area contributed by atoms with Crippen LogP contribution in [0.3, 0.4) is 0 Å². The van der Waals surface area contributed by atoms with Gasteiger partial charge in [-0.3, -0.25) is 4.79 Å². The van der Waals surface area contributed by atoms with Crippen molar-refractivity contribution in [3.63, 3.8) is 0 Å². The Hall–Kier alpha value is -1.94. The van der Waals surface area contributed by atoms with E-state index in [0.717, 1.165) is 12.1 Å². The summed E-state index contributed by atoms with van der Waals surface area (Å²) in [4.78, 5) is 12.0. The number of hydrogen-bond donors (Lipinski definition) is 1. The summed E-state index contributed by atoms with van der Waals surface area (Å²) in [6.45, 7) is 0. The summed E-state index contributed by atoms with van der Waals surface area (Å²) in [6.07, 6.45) is 0. The van der Waals surface area contributed by atoms with Crippen LogP contribution < -0.4 is 5.73 Å². The molecular weight excluding hydrogens is 260 g/mol. The quantitative estimate of drug-likeness (QED) is 0.669. The molecule has 2 nitrogen and oxygen atoms in total. The predicted octanol–water partition coefficient (Wildman–Crippen LogP) is 3.43. The first kappa shape index (κ1) is 12.5. The smallest absolute Gasteiger partial charge is 0.197 e. The number of benzene rings is 2. The lowest BCUT2D eigenvalue weighted by atomic mass is 10.0. The van der Waals surface area contributed by atoms with Crippen LogP contribution >= 0.6 is 11.6 Å². The van der Waals surface area contributed by atoms with Crippen LogP contribution in [0.1, 0.15) is 15.9 Å². The highest BCUT2D eigenvalue weighted by molar-refractivity contribution is 6.35. The van der Waals surface area contributed by atoms with Gasteiger partial charge in [0.2, 0.25) is 0 Å². The van der Waals surface area contributed by atoms with Crippen molar-refractivity contribution < 1.29 is 13.6 Å². The van der Waals surface area contributed by atoms with Crippen LogP contribution in [0.5, 0.6) is 0 Å². The van der Waals surface area contributed by atoms with Crippen LogP contribution in [-0.2, 0) is 0 Å². The number of hydrogen-bond acceptors (Lipinski definition) is 2. The van der Waals surface area contributed by atoms with Gasteiger partial charge in [-0.2, -0.15) is 0 Å². The summed E-state index contributed by atoms with van der Waals surface area (Å²) in [7, 11) is 0. The van der Waals surface area contributed by atoms with E-state index in [4.69, 9.17) is 17.3 Å². The summed E-state index contributed by atoms with van der Waals surface area (Å²) >= 11 is 5.86. The fourth-order valence-electron chi connectivity index (χ4n) is 1.53. The van der Waals surface area contributed by atoms with Crippen LogP contribution in [0, 0.1) is 11.6 Å². The van der Waals surface area contributed by atoms with Gasteiger partial charge in [-0.05, 0) is 30.3 Å². The maximum absolute atomic E-state index is 13.5. The minimum Gasteiger partial charge on any atom is -0.399 e. The molecule has 0 heterocycles. The monoisotopic (exact) mass is 267 g/mol. The lowest BCUT2D eigenvalue weighted by molar-refractivity contribution is 0.103. The Labute approximate surface area is 107 Å². The van der Waals surface area contributed by atoms with Gasteiger partial charge in [0.05, 0.1) is 10.6 Å². The third kappa shape index (κ3) is 2.33. The Balaban J connectivity index is 2.48. The zero-order valence-electron chi connectivity index (χ0n) is 9.08. The Morgan fingerprint density at radius 2 is 1.72 bits per heavy atom. The molecule has 0 bridgehead atoms. The van der Waals surface area contributed by atoms with Crippen molar-refractivity contribution in [2.45, 2.75) is 0 Å². The first-order valence-corrected chi connectivity index (χ1v) is 5.41. The Morgan fingerprint density at radius 1 is 1.06 bits per heavy atom. The standard InChI is InChI=1S/C13H8ClF2NO/c14-11-6-8(17)2-4-9(11)13(18)10-3-1-7(15)5-12(10)16/h1-6H,17H2. The molecule has 2 aromatic carbocycles. The van der Waals surface area contributed by atoms with Crippen LogP contribution in [0.2, 0.25) is 5.02 Å². The molecule has 0 spiro atoms. The molecule has 5 heteroatoms. The van der Waals surface area contributed by atoms with Crippen molar-refractivity contribution in [3.05, 3.63) is 64.2 Å². The van der Waals surface area contributed by atoms with E-state index in [1.165, 1.54) is 18.2 Å². The number of ketones is 1. The second-order valence-corrected chi connectivity index (χ2v) is 4.10. The second kappa shape index (κ2) is 4.74. The lowest BCUT2D eigenvalue weighted by Crippen LogP contribution is -2.05. The van der Waals surface area contributed by atoms with E-state index >= 15 is 0 Å². The van der Waals surface area contributed by atoms with Crippen molar-refractivity contribution in [1.82, 2.24) is 0 Å². The van der Waals surface area contributed by atoms with Crippen molar-refractivity contribution in [1.29, 1.82) is 0 Å². The molecule has 2 aromatic rings. The number of carbonyl (C=O) groups excluding carboxylic acids is 1. The molecule has 2 N–H and O–H groups in total. The van der Waals surface area contributed by atoms with E-state index in [9.17, 15) is 13.6 Å². The maximum atomic E-state index is 13.5. The van der Waals surface area contributed by atoms with Gasteiger partial charge in [0.1, 0.15) is 11.6 Å². The summed E-state index contributed by atoms with van der Waals surface area (Å²) < 4.78 is 26.2. The van der Waals surface area contributed by atoms with Crippen LogP contribution in [0.4, 0.5) is 14.5 Å². The van der Waals surface area contributed by atoms with E-state index in [2.05, 4.69) is 0 Å². The summed E-state index contributed by atoms with van der Waals surface area (Å²) in [6, 6.07) is 7.04. The van der Waals surface area contributed by atoms with Gasteiger partial charge in [-0.15, -0.1) is 0 Å².